The van der Waals surface area contributed by atoms with Gasteiger partial charge in [0.2, 0.25) is 0 Å². The second-order valence-electron chi connectivity index (χ2n) is 2.09. The first-order valence-corrected chi connectivity index (χ1v) is 3.47. The second kappa shape index (κ2) is 5.89. The van der Waals surface area contributed by atoms with Gasteiger partial charge in [0.25, 0.3) is 0 Å². The number of nitrogens with zero attached hydrogens (tertiary/aromatic N) is 1. The summed E-state index contributed by atoms with van der Waals surface area (Å²) in [6, 6.07) is 0.283. The lowest BCUT2D eigenvalue weighted by atomic mass is 10.2. The largest absolute Gasteiger partial charge is 0.328 e. The van der Waals surface area contributed by atoms with Crippen molar-refractivity contribution in [3.8, 4) is 0 Å². The summed E-state index contributed by atoms with van der Waals surface area (Å²) in [7, 11) is 0. The molecule has 0 spiro atoms. The standard InChI is InChI=1S/C6H12N2S/c1-6(7)3-2-4-8-5-9/h6H,2-4,7H2,1H3. The molecular weight excluding hydrogens is 132 g/mol. The van der Waals surface area contributed by atoms with Gasteiger partial charge in [-0.05, 0) is 32.0 Å². The topological polar surface area (TPSA) is 38.4 Å². The molecule has 0 rings (SSSR count). The molecule has 1 unspecified atom stereocenters. The molecule has 0 fully saturated rings. The van der Waals surface area contributed by atoms with Crippen LogP contribution in [0.3, 0.4) is 0 Å². The van der Waals surface area contributed by atoms with Crippen molar-refractivity contribution in [3.05, 3.63) is 0 Å². The summed E-state index contributed by atoms with van der Waals surface area (Å²) < 4.78 is 0. The molecule has 1 atom stereocenters. The highest BCUT2D eigenvalue weighted by Crippen LogP contribution is 1.91. The van der Waals surface area contributed by atoms with Crippen LogP contribution in [-0.4, -0.2) is 17.7 Å². The Morgan fingerprint density at radius 2 is 2.44 bits per heavy atom. The Labute approximate surface area is 61.2 Å². The van der Waals surface area contributed by atoms with Gasteiger partial charge in [-0.2, -0.15) is 0 Å². The first-order chi connectivity index (χ1) is 4.27. The van der Waals surface area contributed by atoms with Gasteiger partial charge in [-0.15, -0.1) is 0 Å². The van der Waals surface area contributed by atoms with E-state index in [0.717, 1.165) is 19.4 Å². The quantitative estimate of drug-likeness (QED) is 0.366. The third kappa shape index (κ3) is 7.76. The number of hydrogen-bond acceptors (Lipinski definition) is 3. The Hall–Kier alpha value is -0.240. The smallest absolute Gasteiger partial charge is 0.0584 e. The van der Waals surface area contributed by atoms with Gasteiger partial charge in [-0.3, -0.25) is 0 Å². The van der Waals surface area contributed by atoms with Crippen LogP contribution < -0.4 is 5.73 Å². The lowest BCUT2D eigenvalue weighted by Crippen LogP contribution is -2.14. The van der Waals surface area contributed by atoms with E-state index in [2.05, 4.69) is 22.4 Å². The van der Waals surface area contributed by atoms with E-state index in [0.29, 0.717) is 0 Å². The Kier molecular flexibility index (Phi) is 5.73. The minimum absolute atomic E-state index is 0.283. The number of hydrogen-bond donors (Lipinski definition) is 1. The van der Waals surface area contributed by atoms with Crippen LogP contribution in [0.15, 0.2) is 4.99 Å². The highest BCUT2D eigenvalue weighted by Gasteiger charge is 1.90. The van der Waals surface area contributed by atoms with E-state index in [4.69, 9.17) is 5.73 Å². The van der Waals surface area contributed by atoms with Crippen molar-refractivity contribution in [3.63, 3.8) is 0 Å². The van der Waals surface area contributed by atoms with Crippen molar-refractivity contribution in [2.24, 2.45) is 10.7 Å². The summed E-state index contributed by atoms with van der Waals surface area (Å²) in [6.07, 6.45) is 2.03. The zero-order valence-corrected chi connectivity index (χ0v) is 6.45. The zero-order chi connectivity index (χ0) is 7.11. The van der Waals surface area contributed by atoms with Crippen LogP contribution in [0.2, 0.25) is 0 Å². The van der Waals surface area contributed by atoms with Crippen LogP contribution >= 0.6 is 12.2 Å². The molecule has 0 aromatic rings. The molecule has 0 amide bonds. The molecule has 2 N–H and O–H groups in total. The van der Waals surface area contributed by atoms with Crippen LogP contribution in [0.1, 0.15) is 19.8 Å². The molecule has 0 aliphatic rings. The molecule has 0 aromatic heterocycles. The number of rotatable bonds is 4. The maximum Gasteiger partial charge on any atom is 0.0584 e. The zero-order valence-electron chi connectivity index (χ0n) is 5.63. The summed E-state index contributed by atoms with van der Waals surface area (Å²) >= 11 is 4.38. The van der Waals surface area contributed by atoms with Gasteiger partial charge in [0, 0.05) is 12.6 Å². The first kappa shape index (κ1) is 8.76. The Morgan fingerprint density at radius 3 is 2.89 bits per heavy atom. The molecule has 0 aliphatic heterocycles. The van der Waals surface area contributed by atoms with Crippen molar-refractivity contribution in [1.82, 2.24) is 0 Å². The molecule has 0 aliphatic carbocycles. The van der Waals surface area contributed by atoms with E-state index < -0.39 is 0 Å². The van der Waals surface area contributed by atoms with Gasteiger partial charge in [-0.25, -0.2) is 4.99 Å². The minimum Gasteiger partial charge on any atom is -0.328 e. The van der Waals surface area contributed by atoms with Gasteiger partial charge in [0.1, 0.15) is 0 Å². The molecule has 0 aromatic carbocycles. The van der Waals surface area contributed by atoms with Crippen LogP contribution in [0.5, 0.6) is 0 Å². The summed E-state index contributed by atoms with van der Waals surface area (Å²) in [4.78, 5) is 3.75. The molecule has 0 radical (unpaired) electrons. The Balaban J connectivity index is 3.00. The predicted molar refractivity (Wildman–Crippen MR) is 42.8 cm³/mol. The lowest BCUT2D eigenvalue weighted by molar-refractivity contribution is 0.632. The Morgan fingerprint density at radius 1 is 1.78 bits per heavy atom. The predicted octanol–water partition coefficient (Wildman–Crippen LogP) is 1.22. The molecule has 0 heterocycles. The third-order valence-electron chi connectivity index (χ3n) is 0.994. The average Bonchev–Trinajstić information content (AvgIpc) is 1.80. The Bertz CT molecular complexity index is 106. The summed E-state index contributed by atoms with van der Waals surface area (Å²) in [5.41, 5.74) is 5.49. The molecule has 9 heavy (non-hydrogen) atoms. The van der Waals surface area contributed by atoms with Crippen molar-refractivity contribution >= 4 is 17.4 Å². The van der Waals surface area contributed by atoms with Gasteiger partial charge in [0.15, 0.2) is 0 Å². The molecule has 3 heteroatoms. The van der Waals surface area contributed by atoms with E-state index in [9.17, 15) is 0 Å². The minimum atomic E-state index is 0.283. The fourth-order valence-electron chi connectivity index (χ4n) is 0.538. The van der Waals surface area contributed by atoms with E-state index in [1.807, 2.05) is 6.92 Å². The summed E-state index contributed by atoms with van der Waals surface area (Å²) in [6.45, 7) is 2.76. The molecule has 52 valence electrons. The van der Waals surface area contributed by atoms with Crippen molar-refractivity contribution < 1.29 is 0 Å². The average molecular weight is 144 g/mol. The van der Waals surface area contributed by atoms with E-state index in [-0.39, 0.29) is 6.04 Å². The highest BCUT2D eigenvalue weighted by atomic mass is 32.1. The maximum absolute atomic E-state index is 5.49. The SMILES string of the molecule is CC(N)CCCN=C=S. The fourth-order valence-corrected chi connectivity index (χ4v) is 0.629. The van der Waals surface area contributed by atoms with Crippen LogP contribution in [-0.2, 0) is 0 Å². The second-order valence-corrected chi connectivity index (χ2v) is 2.28. The molecule has 0 saturated carbocycles. The number of isothiocyanates is 1. The normalized spacial score (nSPS) is 12.2. The number of aliphatic imine (C=N–C) groups is 1. The molecular formula is C6H12N2S. The number of thiocarbonyl (C=S) groups is 1. The van der Waals surface area contributed by atoms with E-state index in [1.165, 1.54) is 0 Å². The van der Waals surface area contributed by atoms with Gasteiger partial charge in [-0.1, -0.05) is 0 Å². The van der Waals surface area contributed by atoms with Crippen LogP contribution in [0, 0.1) is 0 Å². The van der Waals surface area contributed by atoms with Gasteiger partial charge < -0.3 is 5.73 Å². The van der Waals surface area contributed by atoms with Gasteiger partial charge in [0.05, 0.1) is 5.16 Å². The van der Waals surface area contributed by atoms with Crippen molar-refractivity contribution in [2.45, 2.75) is 25.8 Å². The van der Waals surface area contributed by atoms with E-state index in [1.54, 1.807) is 0 Å². The molecule has 0 saturated heterocycles. The van der Waals surface area contributed by atoms with Crippen molar-refractivity contribution in [2.75, 3.05) is 6.54 Å². The summed E-state index contributed by atoms with van der Waals surface area (Å²) in [5.74, 6) is 0. The maximum atomic E-state index is 5.49. The fraction of sp³-hybridized carbons (Fsp3) is 0.833. The van der Waals surface area contributed by atoms with Gasteiger partial charge >= 0.3 is 0 Å². The number of nitrogens with two attached hydrogens (primary N) is 1. The lowest BCUT2D eigenvalue weighted by Gasteiger charge is -1.99. The monoisotopic (exact) mass is 144 g/mol. The van der Waals surface area contributed by atoms with E-state index >= 15 is 0 Å². The highest BCUT2D eigenvalue weighted by molar-refractivity contribution is 7.78. The van der Waals surface area contributed by atoms with Crippen LogP contribution in [0.25, 0.3) is 0 Å². The molecule has 2 nitrogen and oxygen atoms in total. The van der Waals surface area contributed by atoms with Crippen LogP contribution in [0.4, 0.5) is 0 Å². The first-order valence-electron chi connectivity index (χ1n) is 3.06. The molecule has 0 bridgehead atoms. The van der Waals surface area contributed by atoms with Crippen molar-refractivity contribution in [1.29, 1.82) is 0 Å². The summed E-state index contributed by atoms with van der Waals surface area (Å²) in [5, 5.41) is 2.31. The third-order valence-corrected chi connectivity index (χ3v) is 1.12.